The average Bonchev–Trinajstić information content (AvgIpc) is 2.82. The summed E-state index contributed by atoms with van der Waals surface area (Å²) in [6.07, 6.45) is 11.5. The average molecular weight is 275 g/mol. The van der Waals surface area contributed by atoms with Crippen LogP contribution in [0.1, 0.15) is 48.9 Å². The molecule has 4 aliphatic rings. The quantitative estimate of drug-likeness (QED) is 0.922. The minimum absolute atomic E-state index is 0.162. The van der Waals surface area contributed by atoms with Gasteiger partial charge in [0.2, 0.25) is 0 Å². The minimum atomic E-state index is -0.898. The number of methoxy groups -OCH3 is 1. The van der Waals surface area contributed by atoms with Gasteiger partial charge in [0, 0.05) is 17.9 Å². The van der Waals surface area contributed by atoms with Crippen molar-refractivity contribution in [3.8, 4) is 5.75 Å². The smallest absolute Gasteiger partial charge is 0.341 e. The van der Waals surface area contributed by atoms with Crippen LogP contribution in [0, 0.1) is 17.8 Å². The van der Waals surface area contributed by atoms with E-state index >= 15 is 0 Å². The fourth-order valence-corrected chi connectivity index (χ4v) is 5.41. The summed E-state index contributed by atoms with van der Waals surface area (Å²) in [4.78, 5) is 11.3. The van der Waals surface area contributed by atoms with Gasteiger partial charge in [0.25, 0.3) is 0 Å². The van der Waals surface area contributed by atoms with Crippen molar-refractivity contribution < 1.29 is 14.6 Å². The first-order valence-corrected chi connectivity index (χ1v) is 7.59. The highest BCUT2D eigenvalue weighted by Crippen LogP contribution is 2.59. The second-order valence-electron chi connectivity index (χ2n) is 7.09. The molecule has 0 amide bonds. The first-order chi connectivity index (χ1) is 9.59. The Morgan fingerprint density at radius 2 is 1.75 bits per heavy atom. The molecule has 0 saturated heterocycles. The van der Waals surface area contributed by atoms with Crippen molar-refractivity contribution >= 4 is 5.97 Å². The van der Waals surface area contributed by atoms with E-state index < -0.39 is 5.97 Å². The number of carbonyl (C=O) groups is 1. The van der Waals surface area contributed by atoms with E-state index in [0.717, 1.165) is 17.8 Å². The maximum Gasteiger partial charge on any atom is 0.341 e. The molecule has 108 valence electrons. The Morgan fingerprint density at radius 3 is 2.15 bits per heavy atom. The van der Waals surface area contributed by atoms with Crippen molar-refractivity contribution in [2.75, 3.05) is 7.11 Å². The number of hydrogen-bond donors (Lipinski definition) is 1. The van der Waals surface area contributed by atoms with Crippen LogP contribution in [0.15, 0.2) is 12.4 Å². The molecule has 0 aliphatic heterocycles. The van der Waals surface area contributed by atoms with Gasteiger partial charge in [-0.2, -0.15) is 0 Å². The maximum absolute atomic E-state index is 11.3. The summed E-state index contributed by atoms with van der Waals surface area (Å²) in [5.74, 6) is 2.15. The highest BCUT2D eigenvalue weighted by atomic mass is 16.5. The van der Waals surface area contributed by atoms with E-state index in [9.17, 15) is 9.90 Å². The van der Waals surface area contributed by atoms with E-state index in [1.165, 1.54) is 38.5 Å². The van der Waals surface area contributed by atoms with Crippen LogP contribution in [0.2, 0.25) is 0 Å². The first kappa shape index (κ1) is 12.3. The van der Waals surface area contributed by atoms with Crippen molar-refractivity contribution in [3.63, 3.8) is 0 Å². The third kappa shape index (κ3) is 1.63. The number of ether oxygens (including phenoxy) is 1. The number of aromatic carboxylic acids is 1. The van der Waals surface area contributed by atoms with Gasteiger partial charge in [0.05, 0.1) is 7.11 Å². The Bertz CT molecular complexity index is 525. The number of carboxylic acid groups (broad SMARTS) is 1. The Hall–Kier alpha value is -1.45. The van der Waals surface area contributed by atoms with Crippen LogP contribution < -0.4 is 4.74 Å². The molecular formula is C16H21NO3. The van der Waals surface area contributed by atoms with Crippen LogP contribution in [-0.2, 0) is 5.54 Å². The minimum Gasteiger partial charge on any atom is -0.494 e. The summed E-state index contributed by atoms with van der Waals surface area (Å²) in [5.41, 5.74) is 0.457. The lowest BCUT2D eigenvalue weighted by molar-refractivity contribution is -0.0430. The SMILES string of the molecule is COc1cn(C23CC4CC(CC(C4)C2)C3)cc1C(=O)O. The van der Waals surface area contributed by atoms with Gasteiger partial charge in [-0.25, -0.2) is 4.79 Å². The fourth-order valence-electron chi connectivity index (χ4n) is 5.41. The van der Waals surface area contributed by atoms with Gasteiger partial charge in [-0.15, -0.1) is 0 Å². The molecule has 0 atom stereocenters. The predicted octanol–water partition coefficient (Wildman–Crippen LogP) is 3.12. The summed E-state index contributed by atoms with van der Waals surface area (Å²) in [6.45, 7) is 0. The van der Waals surface area contributed by atoms with E-state index in [0.29, 0.717) is 11.3 Å². The Morgan fingerprint density at radius 1 is 1.20 bits per heavy atom. The number of nitrogens with zero attached hydrogens (tertiary/aromatic N) is 1. The standard InChI is InChI=1S/C16H21NO3/c1-20-14-9-17(8-13(14)15(18)19)16-5-10-2-11(6-16)4-12(3-10)7-16/h8-12H,2-7H2,1H3,(H,18,19). The molecule has 20 heavy (non-hydrogen) atoms. The number of rotatable bonds is 3. The molecule has 0 aromatic carbocycles. The van der Waals surface area contributed by atoms with E-state index in [1.54, 1.807) is 13.3 Å². The summed E-state index contributed by atoms with van der Waals surface area (Å²) in [7, 11) is 1.55. The highest BCUT2D eigenvalue weighted by molar-refractivity contribution is 5.90. The van der Waals surface area contributed by atoms with Gasteiger partial charge >= 0.3 is 5.97 Å². The predicted molar refractivity (Wildman–Crippen MR) is 74.1 cm³/mol. The third-order valence-electron chi connectivity index (χ3n) is 5.79. The normalized spacial score (nSPS) is 38.1. The van der Waals surface area contributed by atoms with Crippen molar-refractivity contribution in [1.82, 2.24) is 4.57 Å². The van der Waals surface area contributed by atoms with Crippen molar-refractivity contribution in [2.24, 2.45) is 17.8 Å². The van der Waals surface area contributed by atoms with Crippen LogP contribution >= 0.6 is 0 Å². The number of aromatic nitrogens is 1. The van der Waals surface area contributed by atoms with Crippen LogP contribution in [0.5, 0.6) is 5.75 Å². The Kier molecular flexibility index (Phi) is 2.48. The van der Waals surface area contributed by atoms with Crippen molar-refractivity contribution in [2.45, 2.75) is 44.1 Å². The van der Waals surface area contributed by atoms with Gasteiger partial charge < -0.3 is 14.4 Å². The zero-order valence-electron chi connectivity index (χ0n) is 11.8. The number of hydrogen-bond acceptors (Lipinski definition) is 2. The fraction of sp³-hybridized carbons (Fsp3) is 0.688. The Balaban J connectivity index is 1.75. The summed E-state index contributed by atoms with van der Waals surface area (Å²) in [5, 5.41) is 9.30. The molecule has 1 heterocycles. The van der Waals surface area contributed by atoms with Crippen molar-refractivity contribution in [1.29, 1.82) is 0 Å². The second-order valence-corrected chi connectivity index (χ2v) is 7.09. The largest absolute Gasteiger partial charge is 0.494 e. The summed E-state index contributed by atoms with van der Waals surface area (Å²) < 4.78 is 7.43. The first-order valence-electron chi connectivity index (χ1n) is 7.59. The Labute approximate surface area is 118 Å². The molecule has 1 aromatic rings. The van der Waals surface area contributed by atoms with E-state index in [2.05, 4.69) is 4.57 Å². The number of carboxylic acids is 1. The highest BCUT2D eigenvalue weighted by Gasteiger charge is 2.52. The molecule has 4 bridgehead atoms. The summed E-state index contributed by atoms with van der Waals surface area (Å²) >= 11 is 0. The van der Waals surface area contributed by atoms with E-state index in [-0.39, 0.29) is 5.54 Å². The zero-order valence-corrected chi connectivity index (χ0v) is 11.8. The molecule has 4 saturated carbocycles. The van der Waals surface area contributed by atoms with Crippen LogP contribution in [0.25, 0.3) is 0 Å². The molecule has 0 spiro atoms. The van der Waals surface area contributed by atoms with Crippen molar-refractivity contribution in [3.05, 3.63) is 18.0 Å². The monoisotopic (exact) mass is 275 g/mol. The molecule has 4 aliphatic carbocycles. The lowest BCUT2D eigenvalue weighted by atomic mass is 9.53. The molecule has 4 heteroatoms. The topological polar surface area (TPSA) is 51.5 Å². The van der Waals surface area contributed by atoms with Crippen LogP contribution in [-0.4, -0.2) is 22.8 Å². The molecule has 4 nitrogen and oxygen atoms in total. The van der Waals surface area contributed by atoms with E-state index in [1.807, 2.05) is 6.20 Å². The van der Waals surface area contributed by atoms with Crippen LogP contribution in [0.3, 0.4) is 0 Å². The molecule has 0 radical (unpaired) electrons. The molecule has 1 N–H and O–H groups in total. The van der Waals surface area contributed by atoms with Gasteiger partial charge in [0.15, 0.2) is 5.75 Å². The molecule has 4 fully saturated rings. The summed E-state index contributed by atoms with van der Waals surface area (Å²) in [6, 6.07) is 0. The molecule has 0 unspecified atom stereocenters. The lowest BCUT2D eigenvalue weighted by Crippen LogP contribution is -2.51. The third-order valence-corrected chi connectivity index (χ3v) is 5.79. The molecule has 1 aromatic heterocycles. The maximum atomic E-state index is 11.3. The zero-order chi connectivity index (χ0) is 13.9. The van der Waals surface area contributed by atoms with E-state index in [4.69, 9.17) is 4.74 Å². The van der Waals surface area contributed by atoms with Gasteiger partial charge in [0.1, 0.15) is 5.56 Å². The molecule has 5 rings (SSSR count). The van der Waals surface area contributed by atoms with Gasteiger partial charge in [-0.05, 0) is 56.3 Å². The second kappa shape index (κ2) is 4.03. The van der Waals surface area contributed by atoms with Gasteiger partial charge in [-0.3, -0.25) is 0 Å². The lowest BCUT2D eigenvalue weighted by Gasteiger charge is -2.57. The van der Waals surface area contributed by atoms with Crippen LogP contribution in [0.4, 0.5) is 0 Å². The van der Waals surface area contributed by atoms with Gasteiger partial charge in [-0.1, -0.05) is 0 Å². The molecular weight excluding hydrogens is 254 g/mol.